The molecule has 0 saturated carbocycles. The first-order valence-electron chi connectivity index (χ1n) is 8.68. The first-order valence-corrected chi connectivity index (χ1v) is 8.68. The number of pyridine rings is 1. The highest BCUT2D eigenvalue weighted by Crippen LogP contribution is 2.31. The second kappa shape index (κ2) is 7.79. The summed E-state index contributed by atoms with van der Waals surface area (Å²) in [6.45, 7) is 0. The molecule has 7 nitrogen and oxygen atoms in total. The van der Waals surface area contributed by atoms with Crippen molar-refractivity contribution in [1.29, 1.82) is 0 Å². The zero-order valence-electron chi connectivity index (χ0n) is 15.5. The van der Waals surface area contributed by atoms with Crippen LogP contribution in [0.2, 0.25) is 0 Å². The van der Waals surface area contributed by atoms with E-state index in [9.17, 15) is 0 Å². The smallest absolute Gasteiger partial charge is 0.162 e. The molecular weight excluding hydrogens is 354 g/mol. The number of ether oxygens (including phenoxy) is 2. The van der Waals surface area contributed by atoms with E-state index in [-0.39, 0.29) is 0 Å². The summed E-state index contributed by atoms with van der Waals surface area (Å²) >= 11 is 0. The summed E-state index contributed by atoms with van der Waals surface area (Å²) in [7, 11) is 3.21. The zero-order valence-corrected chi connectivity index (χ0v) is 15.5. The molecule has 0 radical (unpaired) electrons. The van der Waals surface area contributed by atoms with Crippen LogP contribution in [0, 0.1) is 0 Å². The Bertz CT molecular complexity index is 1110. The van der Waals surface area contributed by atoms with Gasteiger partial charge in [0.05, 0.1) is 25.4 Å². The van der Waals surface area contributed by atoms with Gasteiger partial charge in [-0.25, -0.2) is 9.97 Å². The first kappa shape index (κ1) is 17.5. The van der Waals surface area contributed by atoms with E-state index in [1.54, 1.807) is 20.4 Å². The van der Waals surface area contributed by atoms with E-state index >= 15 is 0 Å². The molecule has 0 bridgehead atoms. The Morgan fingerprint density at radius 3 is 2.36 bits per heavy atom. The van der Waals surface area contributed by atoms with E-state index in [0.29, 0.717) is 23.1 Å². The molecule has 0 amide bonds. The van der Waals surface area contributed by atoms with Gasteiger partial charge in [-0.15, -0.1) is 0 Å². The van der Waals surface area contributed by atoms with Crippen molar-refractivity contribution in [3.63, 3.8) is 0 Å². The van der Waals surface area contributed by atoms with Crippen LogP contribution in [0.4, 0.5) is 23.0 Å². The van der Waals surface area contributed by atoms with Gasteiger partial charge < -0.3 is 20.1 Å². The van der Waals surface area contributed by atoms with Crippen LogP contribution in [0.3, 0.4) is 0 Å². The van der Waals surface area contributed by atoms with Gasteiger partial charge in [0.15, 0.2) is 11.5 Å². The molecule has 0 unspecified atom stereocenters. The molecule has 28 heavy (non-hydrogen) atoms. The van der Waals surface area contributed by atoms with Crippen LogP contribution < -0.4 is 20.1 Å². The number of nitrogens with one attached hydrogen (secondary N) is 2. The Kier molecular flexibility index (Phi) is 4.88. The molecule has 4 aromatic rings. The third-order valence-corrected chi connectivity index (χ3v) is 4.22. The average molecular weight is 373 g/mol. The number of fused-ring (bicyclic) bond motifs is 1. The zero-order chi connectivity index (χ0) is 19.3. The van der Waals surface area contributed by atoms with E-state index in [2.05, 4.69) is 25.6 Å². The summed E-state index contributed by atoms with van der Waals surface area (Å²) < 4.78 is 10.6. The lowest BCUT2D eigenvalue weighted by Crippen LogP contribution is -2.00. The van der Waals surface area contributed by atoms with Crippen LogP contribution in [0.15, 0.2) is 67.1 Å². The van der Waals surface area contributed by atoms with Crippen LogP contribution in [0.1, 0.15) is 0 Å². The SMILES string of the molecule is COc1ccc(Nc2cc(Nc3cccc4cccnc34)ncn2)cc1OC. The fourth-order valence-electron chi connectivity index (χ4n) is 2.90. The number of hydrogen-bond donors (Lipinski definition) is 2. The molecule has 2 N–H and O–H groups in total. The average Bonchev–Trinajstić information content (AvgIpc) is 2.74. The van der Waals surface area contributed by atoms with Gasteiger partial charge in [0.2, 0.25) is 0 Å². The molecule has 0 atom stereocenters. The summed E-state index contributed by atoms with van der Waals surface area (Å²) in [6.07, 6.45) is 3.28. The largest absolute Gasteiger partial charge is 0.493 e. The molecule has 2 aromatic carbocycles. The second-order valence-electron chi connectivity index (χ2n) is 5.99. The summed E-state index contributed by atoms with van der Waals surface area (Å²) in [5, 5.41) is 7.63. The molecule has 2 heterocycles. The number of nitrogens with zero attached hydrogens (tertiary/aromatic N) is 3. The second-order valence-corrected chi connectivity index (χ2v) is 5.99. The molecule has 2 aromatic heterocycles. The van der Waals surface area contributed by atoms with E-state index in [0.717, 1.165) is 22.3 Å². The number of methoxy groups -OCH3 is 2. The van der Waals surface area contributed by atoms with Gasteiger partial charge in [-0.05, 0) is 24.3 Å². The number of benzene rings is 2. The van der Waals surface area contributed by atoms with Crippen molar-refractivity contribution < 1.29 is 9.47 Å². The maximum absolute atomic E-state index is 5.34. The molecule has 7 heteroatoms. The van der Waals surface area contributed by atoms with E-state index in [4.69, 9.17) is 9.47 Å². The normalized spacial score (nSPS) is 10.5. The van der Waals surface area contributed by atoms with Crippen LogP contribution >= 0.6 is 0 Å². The summed E-state index contributed by atoms with van der Waals surface area (Å²) in [4.78, 5) is 13.1. The quantitative estimate of drug-likeness (QED) is 0.514. The Morgan fingerprint density at radius 2 is 1.54 bits per heavy atom. The maximum atomic E-state index is 5.34. The minimum Gasteiger partial charge on any atom is -0.493 e. The Labute approximate surface area is 162 Å². The third kappa shape index (κ3) is 3.64. The van der Waals surface area contributed by atoms with Gasteiger partial charge in [0.1, 0.15) is 18.0 Å². The highest BCUT2D eigenvalue weighted by Gasteiger charge is 2.07. The van der Waals surface area contributed by atoms with Crippen molar-refractivity contribution in [2.45, 2.75) is 0 Å². The molecule has 140 valence electrons. The van der Waals surface area contributed by atoms with Gasteiger partial charge >= 0.3 is 0 Å². The van der Waals surface area contributed by atoms with Gasteiger partial charge in [0.25, 0.3) is 0 Å². The van der Waals surface area contributed by atoms with Crippen molar-refractivity contribution in [1.82, 2.24) is 15.0 Å². The molecule has 0 saturated heterocycles. The van der Waals surface area contributed by atoms with Crippen LogP contribution in [0.25, 0.3) is 10.9 Å². The highest BCUT2D eigenvalue weighted by atomic mass is 16.5. The minimum absolute atomic E-state index is 0.640. The highest BCUT2D eigenvalue weighted by molar-refractivity contribution is 5.91. The predicted octanol–water partition coefficient (Wildman–Crippen LogP) is 4.53. The van der Waals surface area contributed by atoms with Crippen molar-refractivity contribution >= 4 is 33.9 Å². The van der Waals surface area contributed by atoms with Crippen LogP contribution in [-0.2, 0) is 0 Å². The number of hydrogen-bond acceptors (Lipinski definition) is 7. The van der Waals surface area contributed by atoms with Gasteiger partial charge in [-0.1, -0.05) is 18.2 Å². The van der Waals surface area contributed by atoms with Gasteiger partial charge in [-0.3, -0.25) is 4.98 Å². The molecule has 0 spiro atoms. The molecule has 0 aliphatic rings. The standard InChI is InChI=1S/C21H19N5O2/c1-27-17-9-8-15(11-18(17)28-2)25-19-12-20(24-13-23-19)26-16-7-3-5-14-6-4-10-22-21(14)16/h3-13H,1-2H3,(H2,23,24,25,26). The summed E-state index contributed by atoms with van der Waals surface area (Å²) in [5.74, 6) is 2.62. The predicted molar refractivity (Wildman–Crippen MR) is 110 cm³/mol. The fraction of sp³-hybridized carbons (Fsp3) is 0.0952. The Morgan fingerprint density at radius 1 is 0.750 bits per heavy atom. The molecule has 4 rings (SSSR count). The van der Waals surface area contributed by atoms with Crippen molar-refractivity contribution in [2.75, 3.05) is 24.9 Å². The molecule has 0 aliphatic carbocycles. The Hall–Kier alpha value is -3.87. The molecular formula is C21H19N5O2. The summed E-state index contributed by atoms with van der Waals surface area (Å²) in [5.41, 5.74) is 2.60. The van der Waals surface area contributed by atoms with Crippen molar-refractivity contribution in [3.05, 3.63) is 67.1 Å². The topological polar surface area (TPSA) is 81.2 Å². The van der Waals surface area contributed by atoms with E-state index < -0.39 is 0 Å². The first-order chi connectivity index (χ1) is 13.8. The third-order valence-electron chi connectivity index (χ3n) is 4.22. The van der Waals surface area contributed by atoms with Crippen molar-refractivity contribution in [2.24, 2.45) is 0 Å². The van der Waals surface area contributed by atoms with Gasteiger partial charge in [0, 0.05) is 29.4 Å². The van der Waals surface area contributed by atoms with Crippen molar-refractivity contribution in [3.8, 4) is 11.5 Å². The number of anilines is 4. The van der Waals surface area contributed by atoms with Crippen LogP contribution in [-0.4, -0.2) is 29.2 Å². The molecule has 0 aliphatic heterocycles. The van der Waals surface area contributed by atoms with E-state index in [1.165, 1.54) is 6.33 Å². The van der Waals surface area contributed by atoms with Gasteiger partial charge in [-0.2, -0.15) is 0 Å². The monoisotopic (exact) mass is 373 g/mol. The van der Waals surface area contributed by atoms with E-state index in [1.807, 2.05) is 54.6 Å². The number of rotatable bonds is 6. The number of para-hydroxylation sites is 1. The fourth-order valence-corrected chi connectivity index (χ4v) is 2.90. The number of aromatic nitrogens is 3. The minimum atomic E-state index is 0.640. The summed E-state index contributed by atoms with van der Waals surface area (Å²) in [6, 6.07) is 17.3. The lowest BCUT2D eigenvalue weighted by molar-refractivity contribution is 0.355. The molecule has 0 fully saturated rings. The lowest BCUT2D eigenvalue weighted by Gasteiger charge is -2.12. The lowest BCUT2D eigenvalue weighted by atomic mass is 10.2. The maximum Gasteiger partial charge on any atom is 0.162 e. The Balaban J connectivity index is 1.58. The van der Waals surface area contributed by atoms with Crippen LogP contribution in [0.5, 0.6) is 11.5 Å².